The van der Waals surface area contributed by atoms with Gasteiger partial charge < -0.3 is 15.4 Å². The summed E-state index contributed by atoms with van der Waals surface area (Å²) in [4.78, 5) is 13.2. The van der Waals surface area contributed by atoms with E-state index in [1.54, 1.807) is 18.2 Å². The van der Waals surface area contributed by atoms with Crippen molar-refractivity contribution in [2.75, 3.05) is 12.8 Å². The van der Waals surface area contributed by atoms with Crippen molar-refractivity contribution in [3.05, 3.63) is 46.8 Å². The van der Waals surface area contributed by atoms with E-state index >= 15 is 0 Å². The lowest BCUT2D eigenvalue weighted by Crippen LogP contribution is -2.20. The first kappa shape index (κ1) is 14.1. The van der Waals surface area contributed by atoms with Crippen LogP contribution in [0.3, 0.4) is 0 Å². The zero-order chi connectivity index (χ0) is 14.7. The number of carboxylic acid groups (broad SMARTS) is 1. The number of anilines is 1. The Morgan fingerprint density at radius 3 is 2.80 bits per heavy atom. The highest BCUT2D eigenvalue weighted by atomic mass is 16.5. The topological polar surface area (TPSA) is 92.6 Å². The largest absolute Gasteiger partial charge is 0.478 e. The molecule has 0 aliphatic heterocycles. The van der Waals surface area contributed by atoms with Gasteiger partial charge in [0.25, 0.3) is 0 Å². The lowest BCUT2D eigenvalue weighted by atomic mass is 10.1. The Hall–Kier alpha value is -2.34. The molecule has 0 unspecified atom stereocenters. The van der Waals surface area contributed by atoms with Crippen LogP contribution in [0.4, 0.5) is 5.69 Å². The lowest BCUT2D eigenvalue weighted by molar-refractivity contribution is 0.0696. The number of nitrogens with zero attached hydrogens (tertiary/aromatic N) is 2. The number of carbonyl (C=O) groups is 1. The van der Waals surface area contributed by atoms with Gasteiger partial charge in [0.1, 0.15) is 5.76 Å². The molecule has 0 amide bonds. The van der Waals surface area contributed by atoms with Crippen LogP contribution in [-0.4, -0.2) is 28.2 Å². The number of aryl methyl sites for hydroxylation is 1. The quantitative estimate of drug-likeness (QED) is 0.809. The van der Waals surface area contributed by atoms with Crippen molar-refractivity contribution in [1.82, 2.24) is 10.1 Å². The van der Waals surface area contributed by atoms with Crippen molar-refractivity contribution >= 4 is 11.7 Å². The summed E-state index contributed by atoms with van der Waals surface area (Å²) < 4.78 is 5.01. The van der Waals surface area contributed by atoms with Crippen molar-refractivity contribution in [1.29, 1.82) is 0 Å². The summed E-state index contributed by atoms with van der Waals surface area (Å²) in [5.74, 6) is -0.257. The van der Waals surface area contributed by atoms with Gasteiger partial charge in [-0.2, -0.15) is 0 Å². The third-order valence-corrected chi connectivity index (χ3v) is 2.95. The molecule has 1 aromatic carbocycles. The van der Waals surface area contributed by atoms with E-state index in [-0.39, 0.29) is 11.3 Å². The highest BCUT2D eigenvalue weighted by Gasteiger charge is 2.15. The van der Waals surface area contributed by atoms with E-state index in [0.717, 1.165) is 11.5 Å². The summed E-state index contributed by atoms with van der Waals surface area (Å²) in [5, 5.41) is 13.1. The molecule has 0 aliphatic carbocycles. The maximum Gasteiger partial charge on any atom is 0.338 e. The van der Waals surface area contributed by atoms with Gasteiger partial charge in [0, 0.05) is 24.8 Å². The fourth-order valence-electron chi connectivity index (χ4n) is 2.13. The normalized spacial score (nSPS) is 10.9. The minimum absolute atomic E-state index is 0.163. The molecule has 2 aromatic rings. The molecule has 0 radical (unpaired) electrons. The molecule has 0 saturated heterocycles. The molecule has 0 spiro atoms. The van der Waals surface area contributed by atoms with Crippen LogP contribution in [0.1, 0.15) is 27.4 Å². The summed E-state index contributed by atoms with van der Waals surface area (Å²) in [6, 6.07) is 6.97. The summed E-state index contributed by atoms with van der Waals surface area (Å²) >= 11 is 0. The molecule has 20 heavy (non-hydrogen) atoms. The second kappa shape index (κ2) is 5.75. The summed E-state index contributed by atoms with van der Waals surface area (Å²) in [6.45, 7) is 2.88. The number of nitrogens with two attached hydrogens (primary N) is 1. The van der Waals surface area contributed by atoms with Crippen molar-refractivity contribution in [2.24, 2.45) is 0 Å². The van der Waals surface area contributed by atoms with E-state index in [2.05, 4.69) is 5.16 Å². The first-order chi connectivity index (χ1) is 9.47. The first-order valence-electron chi connectivity index (χ1n) is 6.18. The van der Waals surface area contributed by atoms with E-state index < -0.39 is 5.97 Å². The van der Waals surface area contributed by atoms with E-state index in [1.807, 2.05) is 24.9 Å². The molecule has 0 bridgehead atoms. The van der Waals surface area contributed by atoms with Crippen LogP contribution < -0.4 is 5.73 Å². The maximum atomic E-state index is 11.3. The van der Waals surface area contributed by atoms with Crippen LogP contribution in [0.15, 0.2) is 28.8 Å². The summed E-state index contributed by atoms with van der Waals surface area (Å²) in [5.41, 5.74) is 7.66. The lowest BCUT2D eigenvalue weighted by Gasteiger charge is -2.17. The Bertz CT molecular complexity index is 622. The number of aromatic carboxylic acids is 1. The van der Waals surface area contributed by atoms with Gasteiger partial charge in [-0.05, 0) is 25.6 Å². The van der Waals surface area contributed by atoms with Crippen LogP contribution in [0.2, 0.25) is 0 Å². The minimum atomic E-state index is -1.01. The summed E-state index contributed by atoms with van der Waals surface area (Å²) in [6.07, 6.45) is 0. The van der Waals surface area contributed by atoms with Crippen molar-refractivity contribution in [2.45, 2.75) is 20.0 Å². The van der Waals surface area contributed by atoms with E-state index in [1.165, 1.54) is 0 Å². The predicted octanol–water partition coefficient (Wildman–Crippen LogP) is 1.90. The Morgan fingerprint density at radius 1 is 1.45 bits per heavy atom. The predicted molar refractivity (Wildman–Crippen MR) is 74.2 cm³/mol. The van der Waals surface area contributed by atoms with Crippen LogP contribution in [-0.2, 0) is 13.1 Å². The SMILES string of the molecule is Cc1cc(CN(C)Cc2cccc(N)c2C(=O)O)no1. The number of benzene rings is 1. The smallest absolute Gasteiger partial charge is 0.338 e. The Morgan fingerprint density at radius 2 is 2.20 bits per heavy atom. The average Bonchev–Trinajstić information content (AvgIpc) is 2.74. The fourth-order valence-corrected chi connectivity index (χ4v) is 2.13. The van der Waals surface area contributed by atoms with Gasteiger partial charge in [0.15, 0.2) is 0 Å². The number of aromatic nitrogens is 1. The van der Waals surface area contributed by atoms with Gasteiger partial charge in [-0.3, -0.25) is 4.90 Å². The second-order valence-corrected chi connectivity index (χ2v) is 4.79. The zero-order valence-corrected chi connectivity index (χ0v) is 11.5. The average molecular weight is 275 g/mol. The van der Waals surface area contributed by atoms with Crippen LogP contribution in [0.25, 0.3) is 0 Å². The third kappa shape index (κ3) is 3.16. The van der Waals surface area contributed by atoms with Gasteiger partial charge in [-0.15, -0.1) is 0 Å². The van der Waals surface area contributed by atoms with Crippen LogP contribution in [0.5, 0.6) is 0 Å². The van der Waals surface area contributed by atoms with Gasteiger partial charge in [0.2, 0.25) is 0 Å². The number of hydrogen-bond acceptors (Lipinski definition) is 5. The van der Waals surface area contributed by atoms with Gasteiger partial charge in [-0.1, -0.05) is 17.3 Å². The molecule has 0 aliphatic rings. The van der Waals surface area contributed by atoms with Crippen molar-refractivity contribution in [3.8, 4) is 0 Å². The number of rotatable bonds is 5. The monoisotopic (exact) mass is 275 g/mol. The highest BCUT2D eigenvalue weighted by Crippen LogP contribution is 2.19. The molecule has 0 saturated carbocycles. The number of carboxylic acids is 1. The standard InChI is InChI=1S/C14H17N3O3/c1-9-6-11(16-20-9)8-17(2)7-10-4-3-5-12(15)13(10)14(18)19/h3-6H,7-8,15H2,1-2H3,(H,18,19). The summed E-state index contributed by atoms with van der Waals surface area (Å²) in [7, 11) is 1.89. The Kier molecular flexibility index (Phi) is 4.05. The Labute approximate surface area is 116 Å². The molecule has 3 N–H and O–H groups in total. The van der Waals surface area contributed by atoms with Crippen LogP contribution in [0, 0.1) is 6.92 Å². The number of hydrogen-bond donors (Lipinski definition) is 2. The van der Waals surface area contributed by atoms with Crippen LogP contribution >= 0.6 is 0 Å². The van der Waals surface area contributed by atoms with Gasteiger partial charge in [-0.25, -0.2) is 4.79 Å². The van der Waals surface area contributed by atoms with E-state index in [0.29, 0.717) is 18.7 Å². The molecule has 0 fully saturated rings. The van der Waals surface area contributed by atoms with Gasteiger partial charge >= 0.3 is 5.97 Å². The molecule has 6 heteroatoms. The maximum absolute atomic E-state index is 11.3. The van der Waals surface area contributed by atoms with E-state index in [4.69, 9.17) is 10.3 Å². The van der Waals surface area contributed by atoms with E-state index in [9.17, 15) is 9.90 Å². The fraction of sp³-hybridized carbons (Fsp3) is 0.286. The number of nitrogen functional groups attached to an aromatic ring is 1. The molecule has 6 nitrogen and oxygen atoms in total. The minimum Gasteiger partial charge on any atom is -0.478 e. The molecular weight excluding hydrogens is 258 g/mol. The van der Waals surface area contributed by atoms with Gasteiger partial charge in [0.05, 0.1) is 11.3 Å². The van der Waals surface area contributed by atoms with Crippen molar-refractivity contribution < 1.29 is 14.4 Å². The molecule has 1 heterocycles. The molecule has 2 rings (SSSR count). The molecule has 106 valence electrons. The first-order valence-corrected chi connectivity index (χ1v) is 6.18. The Balaban J connectivity index is 2.13. The molecule has 1 aromatic heterocycles. The second-order valence-electron chi connectivity index (χ2n) is 4.79. The zero-order valence-electron chi connectivity index (χ0n) is 11.5. The van der Waals surface area contributed by atoms with Crippen molar-refractivity contribution in [3.63, 3.8) is 0 Å². The molecule has 0 atom stereocenters. The third-order valence-electron chi connectivity index (χ3n) is 2.95. The highest BCUT2D eigenvalue weighted by molar-refractivity contribution is 5.95. The molecular formula is C14H17N3O3.